The van der Waals surface area contributed by atoms with E-state index in [0.29, 0.717) is 5.92 Å². The van der Waals surface area contributed by atoms with Crippen LogP contribution in [0.3, 0.4) is 0 Å². The normalized spacial score (nSPS) is 13.3. The first-order valence-electron chi connectivity index (χ1n) is 11.9. The maximum atomic E-state index is 10.5. The summed E-state index contributed by atoms with van der Waals surface area (Å²) in [6, 6.07) is 0. The van der Waals surface area contributed by atoms with Crippen LogP contribution in [0.1, 0.15) is 85.0 Å². The molecule has 31 heavy (non-hydrogen) atoms. The lowest BCUT2D eigenvalue weighted by Crippen LogP contribution is -2.07. The highest BCUT2D eigenvalue weighted by atomic mass is 16.1. The first-order chi connectivity index (χ1) is 14.7. The average molecular weight is 423 g/mol. The fourth-order valence-corrected chi connectivity index (χ4v) is 3.42. The van der Waals surface area contributed by atoms with Crippen molar-refractivity contribution in [1.29, 1.82) is 0 Å². The average Bonchev–Trinajstić information content (AvgIpc) is 2.75. The molecule has 0 fully saturated rings. The molecule has 0 rings (SSSR count). The number of aldehydes is 1. The number of rotatable bonds is 19. The van der Waals surface area contributed by atoms with Gasteiger partial charge in [-0.15, -0.1) is 0 Å². The molecule has 0 saturated carbocycles. The molecule has 0 aromatic rings. The van der Waals surface area contributed by atoms with Crippen LogP contribution in [0.5, 0.6) is 0 Å². The summed E-state index contributed by atoms with van der Waals surface area (Å²) in [6.45, 7) is 27.4. The van der Waals surface area contributed by atoms with Gasteiger partial charge in [-0.2, -0.15) is 0 Å². The molecular weight excluding hydrogens is 376 g/mol. The van der Waals surface area contributed by atoms with Gasteiger partial charge in [-0.1, -0.05) is 108 Å². The van der Waals surface area contributed by atoms with Crippen LogP contribution in [-0.2, 0) is 4.79 Å². The van der Waals surface area contributed by atoms with Crippen LogP contribution in [0.4, 0.5) is 0 Å². The molecule has 0 aromatic carbocycles. The highest BCUT2D eigenvalue weighted by molar-refractivity contribution is 5.66. The Balaban J connectivity index is 4.15. The van der Waals surface area contributed by atoms with E-state index in [1.54, 1.807) is 6.08 Å². The Morgan fingerprint density at radius 1 is 0.903 bits per heavy atom. The van der Waals surface area contributed by atoms with Crippen molar-refractivity contribution >= 4 is 6.29 Å². The van der Waals surface area contributed by atoms with Crippen LogP contribution >= 0.6 is 0 Å². The Kier molecular flexibility index (Phi) is 16.3. The van der Waals surface area contributed by atoms with Crippen molar-refractivity contribution in [1.82, 2.24) is 0 Å². The molecule has 1 nitrogen and oxygen atoms in total. The van der Waals surface area contributed by atoms with E-state index >= 15 is 0 Å². The SMILES string of the molecule is C=C(C/C=C/CCCC[C@H](C)C(=C)CC(=C)[C@H](C)C(=C)C(=C)/C=C/C=O)CCCCC. The van der Waals surface area contributed by atoms with Crippen molar-refractivity contribution in [3.63, 3.8) is 0 Å². The lowest BCUT2D eigenvalue weighted by atomic mass is 9.84. The minimum Gasteiger partial charge on any atom is -0.299 e. The predicted octanol–water partition coefficient (Wildman–Crippen LogP) is 9.27. The predicted molar refractivity (Wildman–Crippen MR) is 140 cm³/mol. The molecule has 1 heteroatoms. The van der Waals surface area contributed by atoms with Gasteiger partial charge in [0.1, 0.15) is 6.29 Å². The van der Waals surface area contributed by atoms with Crippen molar-refractivity contribution in [2.45, 2.75) is 85.0 Å². The van der Waals surface area contributed by atoms with Crippen molar-refractivity contribution < 1.29 is 4.79 Å². The van der Waals surface area contributed by atoms with Crippen LogP contribution < -0.4 is 0 Å². The van der Waals surface area contributed by atoms with Gasteiger partial charge in [0.2, 0.25) is 0 Å². The Morgan fingerprint density at radius 2 is 1.61 bits per heavy atom. The summed E-state index contributed by atoms with van der Waals surface area (Å²) >= 11 is 0. The van der Waals surface area contributed by atoms with Crippen molar-refractivity contribution in [2.24, 2.45) is 11.8 Å². The highest BCUT2D eigenvalue weighted by Crippen LogP contribution is 2.30. The van der Waals surface area contributed by atoms with E-state index in [1.165, 1.54) is 55.7 Å². The van der Waals surface area contributed by atoms with Crippen molar-refractivity contribution in [2.75, 3.05) is 0 Å². The molecule has 0 spiro atoms. The smallest absolute Gasteiger partial charge is 0.142 e. The van der Waals surface area contributed by atoms with Gasteiger partial charge in [0, 0.05) is 5.92 Å². The number of allylic oxidation sites excluding steroid dienone is 9. The summed E-state index contributed by atoms with van der Waals surface area (Å²) in [4.78, 5) is 10.5. The zero-order chi connectivity index (χ0) is 23.6. The third kappa shape index (κ3) is 13.7. The van der Waals surface area contributed by atoms with Gasteiger partial charge in [0.15, 0.2) is 0 Å². The standard InChI is InChI=1S/C30H46O/c1-9-10-14-18-24(2)19-15-12-11-13-16-20-25(3)27(5)23-28(6)30(8)29(7)26(4)21-17-22-31/h12,15,17,21-22,25,30H,2,4-7,9-11,13-14,16,18-20,23H2,1,3,8H3/b15-12+,21-17+/t25-,30-/m0/s1. The van der Waals surface area contributed by atoms with E-state index in [0.717, 1.165) is 48.7 Å². The van der Waals surface area contributed by atoms with Crippen LogP contribution in [0.2, 0.25) is 0 Å². The number of carbonyl (C=O) groups is 1. The third-order valence-corrected chi connectivity index (χ3v) is 6.04. The number of carbonyl (C=O) groups excluding carboxylic acids is 1. The summed E-state index contributed by atoms with van der Waals surface area (Å²) in [5.41, 5.74) is 5.37. The van der Waals surface area contributed by atoms with Gasteiger partial charge in [-0.3, -0.25) is 4.79 Å². The van der Waals surface area contributed by atoms with Crippen LogP contribution in [0, 0.1) is 11.8 Å². The number of hydrogen-bond donors (Lipinski definition) is 0. The topological polar surface area (TPSA) is 17.1 Å². The van der Waals surface area contributed by atoms with Crippen molar-refractivity contribution in [3.8, 4) is 0 Å². The minimum atomic E-state index is 0.120. The van der Waals surface area contributed by atoms with Gasteiger partial charge >= 0.3 is 0 Å². The Morgan fingerprint density at radius 3 is 2.26 bits per heavy atom. The van der Waals surface area contributed by atoms with Gasteiger partial charge < -0.3 is 0 Å². The van der Waals surface area contributed by atoms with E-state index in [-0.39, 0.29) is 5.92 Å². The van der Waals surface area contributed by atoms with Crippen LogP contribution in [-0.4, -0.2) is 6.29 Å². The van der Waals surface area contributed by atoms with Crippen LogP contribution in [0.15, 0.2) is 85.1 Å². The molecule has 0 unspecified atom stereocenters. The molecule has 0 saturated heterocycles. The van der Waals surface area contributed by atoms with E-state index in [9.17, 15) is 4.79 Å². The fraction of sp³-hybridized carbons (Fsp3) is 0.500. The molecule has 0 amide bonds. The summed E-state index contributed by atoms with van der Waals surface area (Å²) < 4.78 is 0. The Labute approximate surface area is 193 Å². The maximum Gasteiger partial charge on any atom is 0.142 e. The molecule has 0 radical (unpaired) electrons. The molecule has 0 aliphatic carbocycles. The second kappa shape index (κ2) is 17.5. The molecule has 0 aliphatic rings. The summed E-state index contributed by atoms with van der Waals surface area (Å²) in [6.07, 6.45) is 20.1. The quantitative estimate of drug-likeness (QED) is 0.0666. The lowest BCUT2D eigenvalue weighted by Gasteiger charge is -2.21. The van der Waals surface area contributed by atoms with Gasteiger partial charge in [0.25, 0.3) is 0 Å². The maximum absolute atomic E-state index is 10.5. The summed E-state index contributed by atoms with van der Waals surface area (Å²) in [5.74, 6) is 0.604. The number of hydrogen-bond acceptors (Lipinski definition) is 1. The first-order valence-corrected chi connectivity index (χ1v) is 11.9. The van der Waals surface area contributed by atoms with Gasteiger partial charge in [0.05, 0.1) is 0 Å². The molecule has 172 valence electrons. The zero-order valence-electron chi connectivity index (χ0n) is 20.6. The van der Waals surface area contributed by atoms with E-state index < -0.39 is 0 Å². The van der Waals surface area contributed by atoms with E-state index in [4.69, 9.17) is 0 Å². The summed E-state index contributed by atoms with van der Waals surface area (Å²) in [7, 11) is 0. The molecule has 0 N–H and O–H groups in total. The Bertz CT molecular complexity index is 671. The molecule has 0 aromatic heterocycles. The second-order valence-corrected chi connectivity index (χ2v) is 8.83. The zero-order valence-corrected chi connectivity index (χ0v) is 20.6. The third-order valence-electron chi connectivity index (χ3n) is 6.04. The Hall–Kier alpha value is -2.15. The van der Waals surface area contributed by atoms with Crippen molar-refractivity contribution in [3.05, 3.63) is 85.1 Å². The molecule has 0 bridgehead atoms. The number of unbranched alkanes of at least 4 members (excludes halogenated alkanes) is 4. The lowest BCUT2D eigenvalue weighted by molar-refractivity contribution is -0.104. The summed E-state index contributed by atoms with van der Waals surface area (Å²) in [5, 5.41) is 0. The second-order valence-electron chi connectivity index (χ2n) is 8.83. The largest absolute Gasteiger partial charge is 0.299 e. The van der Waals surface area contributed by atoms with Crippen LogP contribution in [0.25, 0.3) is 0 Å². The molecular formula is C30H46O. The monoisotopic (exact) mass is 422 g/mol. The highest BCUT2D eigenvalue weighted by Gasteiger charge is 2.15. The van der Waals surface area contributed by atoms with Gasteiger partial charge in [-0.25, -0.2) is 0 Å². The molecule has 2 atom stereocenters. The van der Waals surface area contributed by atoms with Gasteiger partial charge in [-0.05, 0) is 68.1 Å². The fourth-order valence-electron chi connectivity index (χ4n) is 3.42. The van der Waals surface area contributed by atoms with E-state index in [1.807, 2.05) is 0 Å². The minimum absolute atomic E-state index is 0.120. The molecule has 0 aliphatic heterocycles. The van der Waals surface area contributed by atoms with E-state index in [2.05, 4.69) is 65.8 Å². The molecule has 0 heterocycles. The first kappa shape index (κ1) is 28.9.